The number of nitrogens with zero attached hydrogens (tertiary/aromatic N) is 2. The highest BCUT2D eigenvalue weighted by atomic mass is 35.5. The van der Waals surface area contributed by atoms with Crippen molar-refractivity contribution in [1.29, 1.82) is 0 Å². The van der Waals surface area contributed by atoms with Crippen LogP contribution in [-0.2, 0) is 5.88 Å². The van der Waals surface area contributed by atoms with Gasteiger partial charge in [0.1, 0.15) is 5.82 Å². The lowest BCUT2D eigenvalue weighted by Gasteiger charge is -2.30. The third-order valence-electron chi connectivity index (χ3n) is 4.58. The molecule has 1 unspecified atom stereocenters. The SMILES string of the molecule is CC(C1CCCCC1)n1c(CCl)nc2cc(Cl)ccc21. The second-order valence-corrected chi connectivity index (χ2v) is 6.51. The molecule has 1 saturated carbocycles. The molecule has 1 heterocycles. The maximum atomic E-state index is 6.11. The van der Waals surface area contributed by atoms with Crippen molar-refractivity contribution in [1.82, 2.24) is 9.55 Å². The van der Waals surface area contributed by atoms with E-state index < -0.39 is 0 Å². The second kappa shape index (κ2) is 5.95. The standard InChI is InChI=1S/C16H20Cl2N2/c1-11(12-5-3-2-4-6-12)20-15-8-7-13(18)9-14(15)19-16(20)10-17/h7-9,11-12H,2-6,10H2,1H3. The van der Waals surface area contributed by atoms with Gasteiger partial charge in [-0.15, -0.1) is 11.6 Å². The fourth-order valence-electron chi connectivity index (χ4n) is 3.50. The van der Waals surface area contributed by atoms with E-state index in [9.17, 15) is 0 Å². The average Bonchev–Trinajstić information content (AvgIpc) is 2.84. The molecule has 1 aromatic carbocycles. The van der Waals surface area contributed by atoms with Crippen molar-refractivity contribution in [3.8, 4) is 0 Å². The van der Waals surface area contributed by atoms with Crippen LogP contribution in [0.3, 0.4) is 0 Å². The molecule has 0 aliphatic heterocycles. The predicted octanol–water partition coefficient (Wildman–Crippen LogP) is 5.57. The fraction of sp³-hybridized carbons (Fsp3) is 0.562. The average molecular weight is 311 g/mol. The highest BCUT2D eigenvalue weighted by molar-refractivity contribution is 6.31. The van der Waals surface area contributed by atoms with Crippen LogP contribution in [0.4, 0.5) is 0 Å². The molecular formula is C16H20Cl2N2. The van der Waals surface area contributed by atoms with Gasteiger partial charge in [-0.3, -0.25) is 0 Å². The number of imidazole rings is 1. The summed E-state index contributed by atoms with van der Waals surface area (Å²) in [5, 5.41) is 0.730. The van der Waals surface area contributed by atoms with Crippen LogP contribution in [0.1, 0.15) is 50.9 Å². The summed E-state index contributed by atoms with van der Waals surface area (Å²) in [5.41, 5.74) is 2.11. The Bertz CT molecular complexity index is 600. The highest BCUT2D eigenvalue weighted by Gasteiger charge is 2.24. The summed E-state index contributed by atoms with van der Waals surface area (Å²) in [6.45, 7) is 2.31. The molecule has 1 aliphatic rings. The van der Waals surface area contributed by atoms with Crippen LogP contribution in [0.25, 0.3) is 11.0 Å². The Balaban J connectivity index is 2.04. The monoisotopic (exact) mass is 310 g/mol. The summed E-state index contributed by atoms with van der Waals surface area (Å²) in [5.74, 6) is 2.14. The molecule has 0 N–H and O–H groups in total. The van der Waals surface area contributed by atoms with Crippen molar-refractivity contribution in [2.75, 3.05) is 0 Å². The van der Waals surface area contributed by atoms with Crippen molar-refractivity contribution in [3.05, 3.63) is 29.0 Å². The second-order valence-electron chi connectivity index (χ2n) is 5.80. The lowest BCUT2D eigenvalue weighted by Crippen LogP contribution is -2.20. The van der Waals surface area contributed by atoms with Crippen LogP contribution >= 0.6 is 23.2 Å². The molecule has 0 amide bonds. The van der Waals surface area contributed by atoms with Crippen molar-refractivity contribution < 1.29 is 0 Å². The third-order valence-corrected chi connectivity index (χ3v) is 5.06. The van der Waals surface area contributed by atoms with Crippen LogP contribution in [-0.4, -0.2) is 9.55 Å². The van der Waals surface area contributed by atoms with Gasteiger partial charge in [-0.05, 0) is 43.9 Å². The molecule has 1 aliphatic carbocycles. The predicted molar refractivity (Wildman–Crippen MR) is 85.6 cm³/mol. The van der Waals surface area contributed by atoms with Crippen molar-refractivity contribution in [2.45, 2.75) is 50.9 Å². The van der Waals surface area contributed by atoms with Crippen LogP contribution in [0, 0.1) is 5.92 Å². The van der Waals surface area contributed by atoms with E-state index in [0.29, 0.717) is 11.9 Å². The molecule has 0 bridgehead atoms. The molecule has 1 atom stereocenters. The lowest BCUT2D eigenvalue weighted by molar-refractivity contribution is 0.265. The minimum absolute atomic E-state index is 0.448. The topological polar surface area (TPSA) is 17.8 Å². The summed E-state index contributed by atoms with van der Waals surface area (Å²) >= 11 is 12.2. The Labute approximate surface area is 130 Å². The lowest BCUT2D eigenvalue weighted by atomic mass is 9.84. The molecule has 4 heteroatoms. The number of halogens is 2. The summed E-state index contributed by atoms with van der Waals surface area (Å²) in [7, 11) is 0. The van der Waals surface area contributed by atoms with Gasteiger partial charge in [-0.2, -0.15) is 0 Å². The Morgan fingerprint density at radius 3 is 2.75 bits per heavy atom. The number of aromatic nitrogens is 2. The van der Waals surface area contributed by atoms with Crippen LogP contribution < -0.4 is 0 Å². The normalized spacial score (nSPS) is 18.6. The zero-order valence-electron chi connectivity index (χ0n) is 11.8. The molecule has 0 spiro atoms. The van der Waals surface area contributed by atoms with Gasteiger partial charge in [0.15, 0.2) is 0 Å². The maximum Gasteiger partial charge on any atom is 0.125 e. The molecule has 1 aromatic heterocycles. The van der Waals surface area contributed by atoms with Gasteiger partial charge in [0.2, 0.25) is 0 Å². The van der Waals surface area contributed by atoms with Crippen LogP contribution in [0.2, 0.25) is 5.02 Å². The van der Waals surface area contributed by atoms with Crippen LogP contribution in [0.15, 0.2) is 18.2 Å². The van der Waals surface area contributed by atoms with E-state index in [2.05, 4.69) is 22.5 Å². The fourth-order valence-corrected chi connectivity index (χ4v) is 3.85. The molecule has 108 valence electrons. The van der Waals surface area contributed by atoms with Gasteiger partial charge >= 0.3 is 0 Å². The number of hydrogen-bond donors (Lipinski definition) is 0. The quantitative estimate of drug-likeness (QED) is 0.678. The number of benzene rings is 1. The van der Waals surface area contributed by atoms with E-state index in [0.717, 1.165) is 27.8 Å². The first-order valence-corrected chi connectivity index (χ1v) is 8.34. The summed E-state index contributed by atoms with van der Waals surface area (Å²) in [6.07, 6.45) is 6.71. The molecule has 2 aromatic rings. The smallest absolute Gasteiger partial charge is 0.125 e. The van der Waals surface area contributed by atoms with E-state index >= 15 is 0 Å². The minimum atomic E-state index is 0.448. The number of alkyl halides is 1. The molecular weight excluding hydrogens is 291 g/mol. The molecule has 3 rings (SSSR count). The Hall–Kier alpha value is -0.730. The van der Waals surface area contributed by atoms with Gasteiger partial charge in [-0.1, -0.05) is 30.9 Å². The third kappa shape index (κ3) is 2.56. The zero-order chi connectivity index (χ0) is 14.1. The molecule has 20 heavy (non-hydrogen) atoms. The Kier molecular flexibility index (Phi) is 4.23. The summed E-state index contributed by atoms with van der Waals surface area (Å²) in [6, 6.07) is 6.39. The van der Waals surface area contributed by atoms with E-state index in [-0.39, 0.29) is 0 Å². The molecule has 0 saturated heterocycles. The first-order valence-electron chi connectivity index (χ1n) is 7.43. The molecule has 2 nitrogen and oxygen atoms in total. The molecule has 1 fully saturated rings. The van der Waals surface area contributed by atoms with Gasteiger partial charge < -0.3 is 4.57 Å². The zero-order valence-corrected chi connectivity index (χ0v) is 13.3. The minimum Gasteiger partial charge on any atom is -0.324 e. The maximum absolute atomic E-state index is 6.11. The highest BCUT2D eigenvalue weighted by Crippen LogP contribution is 2.36. The van der Waals surface area contributed by atoms with Gasteiger partial charge in [0.05, 0.1) is 16.9 Å². The van der Waals surface area contributed by atoms with Gasteiger partial charge in [0.25, 0.3) is 0 Å². The number of hydrogen-bond acceptors (Lipinski definition) is 1. The summed E-state index contributed by atoms with van der Waals surface area (Å²) in [4.78, 5) is 4.65. The largest absolute Gasteiger partial charge is 0.324 e. The van der Waals surface area contributed by atoms with Crippen LogP contribution in [0.5, 0.6) is 0 Å². The van der Waals surface area contributed by atoms with Crippen molar-refractivity contribution >= 4 is 34.2 Å². The number of fused-ring (bicyclic) bond motifs is 1. The van der Waals surface area contributed by atoms with Crippen molar-refractivity contribution in [3.63, 3.8) is 0 Å². The first kappa shape index (κ1) is 14.2. The first-order chi connectivity index (χ1) is 9.70. The Morgan fingerprint density at radius 1 is 1.30 bits per heavy atom. The molecule has 0 radical (unpaired) electrons. The van der Waals surface area contributed by atoms with E-state index in [1.807, 2.05) is 12.1 Å². The Morgan fingerprint density at radius 2 is 2.05 bits per heavy atom. The number of rotatable bonds is 3. The summed E-state index contributed by atoms with van der Waals surface area (Å²) < 4.78 is 2.33. The van der Waals surface area contributed by atoms with E-state index in [1.54, 1.807) is 0 Å². The van der Waals surface area contributed by atoms with Gasteiger partial charge in [-0.25, -0.2) is 4.98 Å². The van der Waals surface area contributed by atoms with Gasteiger partial charge in [0, 0.05) is 11.1 Å². The van der Waals surface area contributed by atoms with E-state index in [1.165, 1.54) is 32.1 Å². The van der Waals surface area contributed by atoms with Crippen molar-refractivity contribution in [2.24, 2.45) is 5.92 Å². The van der Waals surface area contributed by atoms with E-state index in [4.69, 9.17) is 23.2 Å².